The van der Waals surface area contributed by atoms with E-state index in [0.29, 0.717) is 12.6 Å². The number of para-hydroxylation sites is 1. The summed E-state index contributed by atoms with van der Waals surface area (Å²) in [7, 11) is 3.88. The molecule has 1 aromatic carbocycles. The Morgan fingerprint density at radius 2 is 2.04 bits per heavy atom. The Bertz CT molecular complexity index is 561. The molecule has 1 saturated carbocycles. The predicted octanol–water partition coefficient (Wildman–Crippen LogP) is 2.64. The lowest BCUT2D eigenvalue weighted by Crippen LogP contribution is -2.41. The Labute approximate surface area is 164 Å². The van der Waals surface area contributed by atoms with Crippen LogP contribution in [0.4, 0.5) is 0 Å². The van der Waals surface area contributed by atoms with Crippen LogP contribution in [-0.4, -0.2) is 63.9 Å². The molecule has 0 unspecified atom stereocenters. The number of benzene rings is 1. The maximum absolute atomic E-state index is 6.11. The van der Waals surface area contributed by atoms with Crippen molar-refractivity contribution in [1.82, 2.24) is 15.5 Å². The van der Waals surface area contributed by atoms with E-state index >= 15 is 0 Å². The molecule has 1 fully saturated rings. The molecule has 0 heterocycles. The molecule has 0 saturated heterocycles. The van der Waals surface area contributed by atoms with Crippen molar-refractivity contribution in [2.24, 2.45) is 4.99 Å². The largest absolute Gasteiger partial charge is 0.490 e. The van der Waals surface area contributed by atoms with Gasteiger partial charge in [-0.2, -0.15) is 0 Å². The SMILES string of the molecule is CCNC(=NCc1ccccc1OC1CCC1)NCCN(C)CCCOC. The average Bonchev–Trinajstić information content (AvgIpc) is 2.63. The summed E-state index contributed by atoms with van der Waals surface area (Å²) in [6.07, 6.45) is 5.05. The highest BCUT2D eigenvalue weighted by Gasteiger charge is 2.20. The van der Waals surface area contributed by atoms with Crippen LogP contribution in [0.15, 0.2) is 29.3 Å². The number of nitrogens with one attached hydrogen (secondary N) is 2. The summed E-state index contributed by atoms with van der Waals surface area (Å²) in [5.41, 5.74) is 1.14. The number of hydrogen-bond acceptors (Lipinski definition) is 4. The molecule has 0 aromatic heterocycles. The molecule has 1 aliphatic carbocycles. The third kappa shape index (κ3) is 8.18. The molecule has 0 atom stereocenters. The minimum absolute atomic E-state index is 0.384. The number of likely N-dealkylation sites (N-methyl/N-ethyl adjacent to an activating group) is 1. The minimum atomic E-state index is 0.384. The van der Waals surface area contributed by atoms with Gasteiger partial charge in [-0.3, -0.25) is 0 Å². The van der Waals surface area contributed by atoms with Gasteiger partial charge in [-0.05, 0) is 45.7 Å². The van der Waals surface area contributed by atoms with Gasteiger partial charge in [0.2, 0.25) is 0 Å². The van der Waals surface area contributed by atoms with Gasteiger partial charge in [0.15, 0.2) is 5.96 Å². The second-order valence-corrected chi connectivity index (χ2v) is 7.05. The van der Waals surface area contributed by atoms with Crippen molar-refractivity contribution in [3.8, 4) is 5.75 Å². The van der Waals surface area contributed by atoms with Crippen molar-refractivity contribution < 1.29 is 9.47 Å². The summed E-state index contributed by atoms with van der Waals surface area (Å²) in [6, 6.07) is 8.24. The van der Waals surface area contributed by atoms with E-state index in [1.54, 1.807) is 7.11 Å². The van der Waals surface area contributed by atoms with E-state index in [-0.39, 0.29) is 0 Å². The van der Waals surface area contributed by atoms with Crippen LogP contribution in [-0.2, 0) is 11.3 Å². The summed E-state index contributed by atoms with van der Waals surface area (Å²) < 4.78 is 11.2. The van der Waals surface area contributed by atoms with Crippen molar-refractivity contribution in [2.45, 2.75) is 45.3 Å². The van der Waals surface area contributed by atoms with Gasteiger partial charge >= 0.3 is 0 Å². The first-order valence-electron chi connectivity index (χ1n) is 10.2. The highest BCUT2D eigenvalue weighted by atomic mass is 16.5. The van der Waals surface area contributed by atoms with Crippen molar-refractivity contribution in [3.05, 3.63) is 29.8 Å². The predicted molar refractivity (Wildman–Crippen MR) is 112 cm³/mol. The van der Waals surface area contributed by atoms with Crippen molar-refractivity contribution in [2.75, 3.05) is 46.9 Å². The molecule has 0 radical (unpaired) electrons. The fraction of sp³-hybridized carbons (Fsp3) is 0.667. The first kappa shape index (κ1) is 21.5. The van der Waals surface area contributed by atoms with Crippen LogP contribution in [0.3, 0.4) is 0 Å². The number of hydrogen-bond donors (Lipinski definition) is 2. The fourth-order valence-corrected chi connectivity index (χ4v) is 2.88. The van der Waals surface area contributed by atoms with Crippen LogP contribution in [0.1, 0.15) is 38.2 Å². The second-order valence-electron chi connectivity index (χ2n) is 7.05. The molecule has 2 N–H and O–H groups in total. The molecule has 152 valence electrons. The van der Waals surface area contributed by atoms with Gasteiger partial charge in [0.25, 0.3) is 0 Å². The molecule has 0 aliphatic heterocycles. The van der Waals surface area contributed by atoms with Crippen molar-refractivity contribution in [3.63, 3.8) is 0 Å². The summed E-state index contributed by atoms with van der Waals surface area (Å²) in [4.78, 5) is 7.05. The van der Waals surface area contributed by atoms with E-state index in [2.05, 4.69) is 41.6 Å². The van der Waals surface area contributed by atoms with E-state index in [9.17, 15) is 0 Å². The van der Waals surface area contributed by atoms with E-state index in [4.69, 9.17) is 14.5 Å². The minimum Gasteiger partial charge on any atom is -0.490 e. The standard InChI is InChI=1S/C21H36N4O2/c1-4-22-21(23-13-15-25(2)14-8-16-26-3)24-17-18-9-5-6-12-20(18)27-19-10-7-11-19/h5-6,9,12,19H,4,7-8,10-11,13-17H2,1-3H3,(H2,22,23,24). The van der Waals surface area contributed by atoms with Gasteiger partial charge in [0.05, 0.1) is 12.6 Å². The molecule has 0 amide bonds. The number of nitrogens with zero attached hydrogens (tertiary/aromatic N) is 2. The van der Waals surface area contributed by atoms with E-state index in [1.807, 2.05) is 12.1 Å². The van der Waals surface area contributed by atoms with Crippen LogP contribution in [0.2, 0.25) is 0 Å². The third-order valence-corrected chi connectivity index (χ3v) is 4.74. The number of rotatable bonds is 12. The lowest BCUT2D eigenvalue weighted by atomic mass is 9.96. The van der Waals surface area contributed by atoms with Gasteiger partial charge in [0, 0.05) is 45.5 Å². The third-order valence-electron chi connectivity index (χ3n) is 4.74. The number of methoxy groups -OCH3 is 1. The topological polar surface area (TPSA) is 58.1 Å². The lowest BCUT2D eigenvalue weighted by molar-refractivity contribution is 0.119. The summed E-state index contributed by atoms with van der Waals surface area (Å²) >= 11 is 0. The Hall–Kier alpha value is -1.79. The quantitative estimate of drug-likeness (QED) is 0.334. The molecule has 1 aliphatic rings. The Morgan fingerprint density at radius 1 is 1.22 bits per heavy atom. The fourth-order valence-electron chi connectivity index (χ4n) is 2.88. The Balaban J connectivity index is 1.82. The van der Waals surface area contributed by atoms with Gasteiger partial charge in [-0.1, -0.05) is 18.2 Å². The molecular formula is C21H36N4O2. The smallest absolute Gasteiger partial charge is 0.191 e. The van der Waals surface area contributed by atoms with Crippen molar-refractivity contribution in [1.29, 1.82) is 0 Å². The van der Waals surface area contributed by atoms with Crippen LogP contribution in [0, 0.1) is 0 Å². The zero-order chi connectivity index (χ0) is 19.3. The Kier molecular flexibility index (Phi) is 10.0. The summed E-state index contributed by atoms with van der Waals surface area (Å²) in [5, 5.41) is 6.74. The average molecular weight is 377 g/mol. The molecule has 0 bridgehead atoms. The maximum Gasteiger partial charge on any atom is 0.191 e. The van der Waals surface area contributed by atoms with Crippen LogP contribution in [0.25, 0.3) is 0 Å². The normalized spacial score (nSPS) is 14.9. The summed E-state index contributed by atoms with van der Waals surface area (Å²) in [6.45, 7) is 7.21. The number of guanidine groups is 1. The molecule has 2 rings (SSSR count). The molecule has 1 aromatic rings. The first-order chi connectivity index (χ1) is 13.2. The highest BCUT2D eigenvalue weighted by Crippen LogP contribution is 2.27. The number of aliphatic imine (C=N–C) groups is 1. The van der Waals surface area contributed by atoms with Crippen molar-refractivity contribution >= 4 is 5.96 Å². The van der Waals surface area contributed by atoms with Crippen LogP contribution in [0.5, 0.6) is 5.75 Å². The Morgan fingerprint density at radius 3 is 2.74 bits per heavy atom. The summed E-state index contributed by atoms with van der Waals surface area (Å²) in [5.74, 6) is 1.82. The first-order valence-corrected chi connectivity index (χ1v) is 10.2. The van der Waals surface area contributed by atoms with E-state index < -0.39 is 0 Å². The molecule has 27 heavy (non-hydrogen) atoms. The van der Waals surface area contributed by atoms with Gasteiger partial charge < -0.3 is 25.0 Å². The molecule has 0 spiro atoms. The van der Waals surface area contributed by atoms with Crippen LogP contribution < -0.4 is 15.4 Å². The van der Waals surface area contributed by atoms with Gasteiger partial charge in [0.1, 0.15) is 5.75 Å². The monoisotopic (exact) mass is 376 g/mol. The van der Waals surface area contributed by atoms with Gasteiger partial charge in [-0.25, -0.2) is 4.99 Å². The molecule has 6 heteroatoms. The van der Waals surface area contributed by atoms with E-state index in [1.165, 1.54) is 19.3 Å². The number of ether oxygens (including phenoxy) is 2. The van der Waals surface area contributed by atoms with Crippen LogP contribution >= 0.6 is 0 Å². The molecular weight excluding hydrogens is 340 g/mol. The molecule has 6 nitrogen and oxygen atoms in total. The van der Waals surface area contributed by atoms with E-state index in [0.717, 1.165) is 56.5 Å². The van der Waals surface area contributed by atoms with Gasteiger partial charge in [-0.15, -0.1) is 0 Å². The zero-order valence-electron chi connectivity index (χ0n) is 17.2. The second kappa shape index (κ2) is 12.6. The lowest BCUT2D eigenvalue weighted by Gasteiger charge is -2.27. The zero-order valence-corrected chi connectivity index (χ0v) is 17.2. The highest BCUT2D eigenvalue weighted by molar-refractivity contribution is 5.79. The maximum atomic E-state index is 6.11.